The van der Waals surface area contributed by atoms with Crippen LogP contribution in [0.1, 0.15) is 27.8 Å². The highest BCUT2D eigenvalue weighted by Crippen LogP contribution is 2.29. The monoisotopic (exact) mass is 549 g/mol. The number of pyridine rings is 1. The molecule has 2 aromatic heterocycles. The van der Waals surface area contributed by atoms with Crippen LogP contribution in [0.5, 0.6) is 0 Å². The van der Waals surface area contributed by atoms with Crippen molar-refractivity contribution in [2.45, 2.75) is 12.2 Å². The number of anilines is 1. The maximum Gasteiger partial charge on any atom is 0.451 e. The van der Waals surface area contributed by atoms with Gasteiger partial charge >= 0.3 is 6.18 Å². The highest BCUT2D eigenvalue weighted by atomic mass is 35.5. The minimum atomic E-state index is -4.63. The molecule has 5 rings (SSSR count). The Morgan fingerprint density at radius 1 is 1.08 bits per heavy atom. The van der Waals surface area contributed by atoms with Gasteiger partial charge in [-0.2, -0.15) is 13.2 Å². The summed E-state index contributed by atoms with van der Waals surface area (Å²) in [5, 5.41) is 7.14. The molecule has 38 heavy (non-hydrogen) atoms. The predicted octanol–water partition coefficient (Wildman–Crippen LogP) is 2.91. The molecule has 0 spiro atoms. The Labute approximate surface area is 222 Å². The first-order chi connectivity index (χ1) is 18.3. The van der Waals surface area contributed by atoms with Crippen LogP contribution in [0, 0.1) is 0 Å². The fraction of sp³-hybridized carbons (Fsp3) is 0.440. The topological polar surface area (TPSA) is 95.5 Å². The zero-order valence-corrected chi connectivity index (χ0v) is 21.2. The highest BCUT2D eigenvalue weighted by Gasteiger charge is 2.35. The molecule has 2 saturated heterocycles. The third-order valence-corrected chi connectivity index (χ3v) is 7.04. The molecule has 202 valence electrons. The molecule has 3 aromatic rings. The van der Waals surface area contributed by atoms with Crippen LogP contribution in [0.4, 0.5) is 19.0 Å². The number of nitrogens with zero attached hydrogens (tertiary/aromatic N) is 5. The number of ether oxygens (including phenoxy) is 1. The van der Waals surface area contributed by atoms with Crippen molar-refractivity contribution >= 4 is 34.2 Å². The molecule has 0 radical (unpaired) electrons. The number of amides is 1. The third-order valence-electron chi connectivity index (χ3n) is 6.73. The molecule has 2 N–H and O–H groups in total. The number of carbonyl (C=O) groups excluding carboxylic acids is 1. The van der Waals surface area contributed by atoms with E-state index >= 15 is 0 Å². The van der Waals surface area contributed by atoms with Crippen LogP contribution in [0.3, 0.4) is 0 Å². The number of benzene rings is 1. The number of carbonyl (C=O) groups is 1. The molecule has 0 bridgehead atoms. The van der Waals surface area contributed by atoms with Crippen LogP contribution in [0.2, 0.25) is 5.02 Å². The lowest BCUT2D eigenvalue weighted by molar-refractivity contribution is -0.145. The maximum absolute atomic E-state index is 13.4. The second-order valence-corrected chi connectivity index (χ2v) is 9.51. The van der Waals surface area contributed by atoms with Crippen LogP contribution >= 0.6 is 11.6 Å². The average Bonchev–Trinajstić information content (AvgIpc) is 2.93. The van der Waals surface area contributed by atoms with E-state index < -0.39 is 23.9 Å². The normalized spacial score (nSPS) is 17.9. The zero-order chi connectivity index (χ0) is 26.7. The summed E-state index contributed by atoms with van der Waals surface area (Å²) >= 11 is 6.47. The van der Waals surface area contributed by atoms with Crippen LogP contribution in [-0.4, -0.2) is 84.8 Å². The molecule has 2 aliphatic heterocycles. The van der Waals surface area contributed by atoms with E-state index in [1.165, 1.54) is 0 Å². The Morgan fingerprint density at radius 3 is 2.47 bits per heavy atom. The first-order valence-corrected chi connectivity index (χ1v) is 12.7. The van der Waals surface area contributed by atoms with Gasteiger partial charge in [0.1, 0.15) is 5.82 Å². The number of hydrogen-bond acceptors (Lipinski definition) is 8. The largest absolute Gasteiger partial charge is 0.451 e. The Morgan fingerprint density at radius 2 is 1.79 bits per heavy atom. The van der Waals surface area contributed by atoms with Crippen molar-refractivity contribution in [3.8, 4) is 0 Å². The van der Waals surface area contributed by atoms with E-state index in [4.69, 9.17) is 21.3 Å². The van der Waals surface area contributed by atoms with Crippen molar-refractivity contribution in [3.63, 3.8) is 0 Å². The molecule has 2 aliphatic rings. The minimum Gasteiger partial charge on any atom is -0.379 e. The van der Waals surface area contributed by atoms with Gasteiger partial charge in [0, 0.05) is 69.2 Å². The van der Waals surface area contributed by atoms with Crippen molar-refractivity contribution in [2.24, 2.45) is 0 Å². The quantitative estimate of drug-likeness (QED) is 0.485. The first-order valence-electron chi connectivity index (χ1n) is 12.4. The molecule has 1 aromatic carbocycles. The van der Waals surface area contributed by atoms with Crippen LogP contribution in [0.25, 0.3) is 10.9 Å². The number of alkyl halides is 3. The molecular weight excluding hydrogens is 523 g/mol. The third kappa shape index (κ3) is 5.83. The minimum absolute atomic E-state index is 0.118. The molecule has 0 saturated carbocycles. The molecule has 4 heterocycles. The smallest absolute Gasteiger partial charge is 0.379 e. The Balaban J connectivity index is 1.38. The highest BCUT2D eigenvalue weighted by molar-refractivity contribution is 6.35. The van der Waals surface area contributed by atoms with Gasteiger partial charge in [-0.1, -0.05) is 11.6 Å². The van der Waals surface area contributed by atoms with Crippen molar-refractivity contribution < 1.29 is 22.7 Å². The Bertz CT molecular complexity index is 1280. The van der Waals surface area contributed by atoms with Crippen molar-refractivity contribution in [3.05, 3.63) is 58.6 Å². The number of fused-ring (bicyclic) bond motifs is 1. The zero-order valence-electron chi connectivity index (χ0n) is 20.5. The van der Waals surface area contributed by atoms with Crippen molar-refractivity contribution in [1.29, 1.82) is 0 Å². The SMILES string of the molecule is O=C(NCC(c1cnc(C(F)(F)F)nc1)N1CCOCC1)c1c(Cl)ccc2nc(N3CCNCC3)ccc12. The lowest BCUT2D eigenvalue weighted by Crippen LogP contribution is -2.44. The summed E-state index contributed by atoms with van der Waals surface area (Å²) in [7, 11) is 0. The van der Waals surface area contributed by atoms with Crippen LogP contribution in [0.15, 0.2) is 36.7 Å². The molecular formula is C25H27ClF3N7O2. The summed E-state index contributed by atoms with van der Waals surface area (Å²) in [5.74, 6) is -0.771. The number of hydrogen-bond donors (Lipinski definition) is 2. The number of piperazine rings is 1. The number of morpholine rings is 1. The lowest BCUT2D eigenvalue weighted by atomic mass is 10.1. The van der Waals surface area contributed by atoms with Gasteiger partial charge in [-0.3, -0.25) is 9.69 Å². The van der Waals surface area contributed by atoms with Gasteiger partial charge in [0.15, 0.2) is 0 Å². The van der Waals surface area contributed by atoms with E-state index in [1.807, 2.05) is 17.0 Å². The number of nitrogens with one attached hydrogen (secondary N) is 2. The molecule has 1 unspecified atom stereocenters. The summed E-state index contributed by atoms with van der Waals surface area (Å²) in [6.07, 6.45) is -2.31. The Hall–Kier alpha value is -3.06. The van der Waals surface area contributed by atoms with Crippen molar-refractivity contribution in [2.75, 3.05) is 63.9 Å². The average molecular weight is 550 g/mol. The first kappa shape index (κ1) is 26.5. The summed E-state index contributed by atoms with van der Waals surface area (Å²) in [6.45, 7) is 5.61. The van der Waals surface area contributed by atoms with Gasteiger partial charge in [0.2, 0.25) is 5.82 Å². The van der Waals surface area contributed by atoms with Crippen molar-refractivity contribution in [1.82, 2.24) is 30.5 Å². The molecule has 1 amide bonds. The predicted molar refractivity (Wildman–Crippen MR) is 136 cm³/mol. The van der Waals surface area contributed by atoms with E-state index in [0.717, 1.165) is 44.4 Å². The van der Waals surface area contributed by atoms with Gasteiger partial charge in [-0.05, 0) is 24.3 Å². The summed E-state index contributed by atoms with van der Waals surface area (Å²) < 4.78 is 44.4. The molecule has 2 fully saturated rings. The molecule has 13 heteroatoms. The lowest BCUT2D eigenvalue weighted by Gasteiger charge is -2.34. The van der Waals surface area contributed by atoms with Crippen LogP contribution in [-0.2, 0) is 10.9 Å². The van der Waals surface area contributed by atoms with Gasteiger partial charge in [0.05, 0.1) is 35.4 Å². The molecule has 0 aliphatic carbocycles. The van der Waals surface area contributed by atoms with E-state index in [0.29, 0.717) is 48.3 Å². The van der Waals surface area contributed by atoms with E-state index in [1.54, 1.807) is 12.1 Å². The van der Waals surface area contributed by atoms with Gasteiger partial charge in [0.25, 0.3) is 5.91 Å². The number of rotatable bonds is 6. The summed E-state index contributed by atoms with van der Waals surface area (Å²) in [4.78, 5) is 29.4. The van der Waals surface area contributed by atoms with E-state index in [2.05, 4.69) is 25.5 Å². The fourth-order valence-electron chi connectivity index (χ4n) is 4.75. The number of aromatic nitrogens is 3. The van der Waals surface area contributed by atoms with Gasteiger partial charge in [-0.15, -0.1) is 0 Å². The second kappa shape index (κ2) is 11.4. The molecule has 1 atom stereocenters. The second-order valence-electron chi connectivity index (χ2n) is 9.11. The fourth-order valence-corrected chi connectivity index (χ4v) is 5.00. The van der Waals surface area contributed by atoms with Gasteiger partial charge in [-0.25, -0.2) is 15.0 Å². The summed E-state index contributed by atoms with van der Waals surface area (Å²) in [6, 6.07) is 6.73. The Kier molecular flexibility index (Phi) is 7.93. The van der Waals surface area contributed by atoms with Gasteiger partial charge < -0.3 is 20.3 Å². The summed E-state index contributed by atoms with van der Waals surface area (Å²) in [5.41, 5.74) is 1.41. The maximum atomic E-state index is 13.4. The standard InChI is InChI=1S/C25H27ClF3N7O2/c26-18-2-3-19-17(1-4-21(34-19)36-7-5-30-6-8-36)22(18)23(37)31-15-20(35-9-11-38-12-10-35)16-13-32-24(33-14-16)25(27,28)29/h1-4,13-14,20,30H,5-12,15H2,(H,31,37). The van der Waals surface area contributed by atoms with E-state index in [-0.39, 0.29) is 11.6 Å². The number of halogens is 4. The van der Waals surface area contributed by atoms with E-state index in [9.17, 15) is 18.0 Å². The molecule has 9 nitrogen and oxygen atoms in total. The van der Waals surface area contributed by atoms with Crippen LogP contribution < -0.4 is 15.5 Å².